The van der Waals surface area contributed by atoms with Crippen LogP contribution < -0.4 is 11.1 Å². The fraction of sp³-hybridized carbons (Fsp3) is 0.625. The molecule has 0 fully saturated rings. The molecular weight excluding hydrogens is 239 g/mol. The van der Waals surface area contributed by atoms with Crippen molar-refractivity contribution >= 4 is 5.69 Å². The summed E-state index contributed by atoms with van der Waals surface area (Å²) in [5.74, 6) is -0.209. The third-order valence-corrected chi connectivity index (χ3v) is 3.57. The Morgan fingerprint density at radius 2 is 1.74 bits per heavy atom. The largest absolute Gasteiger partial charge is 0.379 e. The van der Waals surface area contributed by atoms with E-state index in [1.54, 1.807) is 12.1 Å². The van der Waals surface area contributed by atoms with Crippen LogP contribution in [0.3, 0.4) is 0 Å². The number of unbranched alkanes of at least 4 members (excludes halogenated alkanes) is 4. The van der Waals surface area contributed by atoms with Crippen LogP contribution in [0.4, 0.5) is 10.1 Å². The molecule has 0 radical (unpaired) electrons. The Morgan fingerprint density at radius 3 is 2.32 bits per heavy atom. The van der Waals surface area contributed by atoms with Gasteiger partial charge in [0.15, 0.2) is 0 Å². The highest BCUT2D eigenvalue weighted by Gasteiger charge is 2.21. The maximum Gasteiger partial charge on any atom is 0.123 e. The van der Waals surface area contributed by atoms with Crippen LogP contribution in [0.2, 0.25) is 0 Å². The Morgan fingerprint density at radius 1 is 1.11 bits per heavy atom. The Kier molecular flexibility index (Phi) is 6.85. The zero-order valence-corrected chi connectivity index (χ0v) is 12.2. The van der Waals surface area contributed by atoms with Gasteiger partial charge in [-0.15, -0.1) is 0 Å². The minimum Gasteiger partial charge on any atom is -0.379 e. The lowest BCUT2D eigenvalue weighted by Crippen LogP contribution is -2.42. The van der Waals surface area contributed by atoms with Gasteiger partial charge in [0.1, 0.15) is 5.82 Å². The number of benzene rings is 1. The molecule has 1 aromatic rings. The van der Waals surface area contributed by atoms with Crippen molar-refractivity contribution in [3.63, 3.8) is 0 Å². The summed E-state index contributed by atoms with van der Waals surface area (Å²) in [6.07, 6.45) is 7.36. The molecular formula is C16H27FN2. The van der Waals surface area contributed by atoms with Crippen LogP contribution in [0.15, 0.2) is 24.3 Å². The van der Waals surface area contributed by atoms with Crippen LogP contribution in [0.25, 0.3) is 0 Å². The smallest absolute Gasteiger partial charge is 0.123 e. The van der Waals surface area contributed by atoms with Crippen LogP contribution in [0.5, 0.6) is 0 Å². The van der Waals surface area contributed by atoms with Crippen LogP contribution in [0.1, 0.15) is 52.4 Å². The van der Waals surface area contributed by atoms with Gasteiger partial charge in [0.2, 0.25) is 0 Å². The first-order valence-electron chi connectivity index (χ1n) is 7.33. The van der Waals surface area contributed by atoms with Gasteiger partial charge in [-0.2, -0.15) is 0 Å². The van der Waals surface area contributed by atoms with E-state index in [0.717, 1.165) is 12.1 Å². The third-order valence-electron chi connectivity index (χ3n) is 3.57. The summed E-state index contributed by atoms with van der Waals surface area (Å²) in [5.41, 5.74) is 6.72. The van der Waals surface area contributed by atoms with Crippen LogP contribution in [0, 0.1) is 5.82 Å². The van der Waals surface area contributed by atoms with Gasteiger partial charge in [0, 0.05) is 17.8 Å². The molecule has 3 heteroatoms. The molecule has 1 rings (SSSR count). The molecule has 0 spiro atoms. The normalized spacial score (nSPS) is 14.1. The first kappa shape index (κ1) is 16.0. The molecule has 0 saturated heterocycles. The lowest BCUT2D eigenvalue weighted by atomic mass is 9.93. The van der Waals surface area contributed by atoms with Gasteiger partial charge >= 0.3 is 0 Å². The molecule has 1 atom stereocenters. The van der Waals surface area contributed by atoms with Crippen molar-refractivity contribution in [1.82, 2.24) is 0 Å². The SMILES string of the molecule is CCCCCCCC(C)(CN)Nc1ccc(F)cc1. The Hall–Kier alpha value is -1.09. The predicted molar refractivity (Wildman–Crippen MR) is 80.9 cm³/mol. The van der Waals surface area contributed by atoms with E-state index < -0.39 is 0 Å². The van der Waals surface area contributed by atoms with Crippen molar-refractivity contribution in [3.05, 3.63) is 30.1 Å². The maximum atomic E-state index is 12.9. The fourth-order valence-corrected chi connectivity index (χ4v) is 2.22. The van der Waals surface area contributed by atoms with Crippen molar-refractivity contribution < 1.29 is 4.39 Å². The van der Waals surface area contributed by atoms with Crippen molar-refractivity contribution in [3.8, 4) is 0 Å². The molecule has 3 N–H and O–H groups in total. The number of anilines is 1. The molecule has 2 nitrogen and oxygen atoms in total. The average molecular weight is 266 g/mol. The summed E-state index contributed by atoms with van der Waals surface area (Å²) in [6.45, 7) is 4.94. The van der Waals surface area contributed by atoms with E-state index in [-0.39, 0.29) is 11.4 Å². The summed E-state index contributed by atoms with van der Waals surface area (Å²) in [6, 6.07) is 6.47. The van der Waals surface area contributed by atoms with Crippen molar-refractivity contribution in [1.29, 1.82) is 0 Å². The van der Waals surface area contributed by atoms with E-state index in [1.165, 1.54) is 44.2 Å². The summed E-state index contributed by atoms with van der Waals surface area (Å²) < 4.78 is 12.9. The minimum absolute atomic E-state index is 0.107. The van der Waals surface area contributed by atoms with Gasteiger partial charge in [0.25, 0.3) is 0 Å². The van der Waals surface area contributed by atoms with Gasteiger partial charge in [-0.3, -0.25) is 0 Å². The number of nitrogens with two attached hydrogens (primary N) is 1. The zero-order chi connectivity index (χ0) is 14.1. The van der Waals surface area contributed by atoms with Gasteiger partial charge in [-0.05, 0) is 37.6 Å². The Labute approximate surface area is 116 Å². The summed E-state index contributed by atoms with van der Waals surface area (Å²) >= 11 is 0. The Bertz CT molecular complexity index is 350. The third kappa shape index (κ3) is 6.06. The minimum atomic E-state index is -0.209. The highest BCUT2D eigenvalue weighted by molar-refractivity contribution is 5.45. The average Bonchev–Trinajstić information content (AvgIpc) is 2.41. The highest BCUT2D eigenvalue weighted by atomic mass is 19.1. The van der Waals surface area contributed by atoms with Crippen molar-refractivity contribution in [2.45, 2.75) is 57.9 Å². The molecule has 108 valence electrons. The predicted octanol–water partition coefficient (Wildman–Crippen LogP) is 4.32. The molecule has 0 aliphatic heterocycles. The summed E-state index contributed by atoms with van der Waals surface area (Å²) in [7, 11) is 0. The van der Waals surface area contributed by atoms with Crippen molar-refractivity contribution in [2.24, 2.45) is 5.73 Å². The fourth-order valence-electron chi connectivity index (χ4n) is 2.22. The lowest BCUT2D eigenvalue weighted by molar-refractivity contribution is 0.449. The first-order chi connectivity index (χ1) is 9.09. The highest BCUT2D eigenvalue weighted by Crippen LogP contribution is 2.21. The second kappa shape index (κ2) is 8.16. The second-order valence-corrected chi connectivity index (χ2v) is 5.56. The summed E-state index contributed by atoms with van der Waals surface area (Å²) in [5, 5.41) is 3.43. The number of hydrogen-bond acceptors (Lipinski definition) is 2. The molecule has 0 bridgehead atoms. The number of hydrogen-bond donors (Lipinski definition) is 2. The standard InChI is InChI=1S/C16H27FN2/c1-3-4-5-6-7-12-16(2,13-18)19-15-10-8-14(17)9-11-15/h8-11,19H,3-7,12-13,18H2,1-2H3. The maximum absolute atomic E-state index is 12.9. The zero-order valence-electron chi connectivity index (χ0n) is 12.2. The molecule has 19 heavy (non-hydrogen) atoms. The molecule has 0 heterocycles. The van der Waals surface area contributed by atoms with Gasteiger partial charge in [0.05, 0.1) is 0 Å². The quantitative estimate of drug-likeness (QED) is 0.653. The number of halogens is 1. The molecule has 1 aromatic carbocycles. The molecule has 0 saturated carbocycles. The number of rotatable bonds is 9. The van der Waals surface area contributed by atoms with E-state index in [0.29, 0.717) is 6.54 Å². The van der Waals surface area contributed by atoms with E-state index >= 15 is 0 Å². The van der Waals surface area contributed by atoms with E-state index in [2.05, 4.69) is 19.2 Å². The molecule has 1 unspecified atom stereocenters. The van der Waals surface area contributed by atoms with Crippen LogP contribution in [-0.2, 0) is 0 Å². The molecule has 0 aromatic heterocycles. The summed E-state index contributed by atoms with van der Waals surface area (Å²) in [4.78, 5) is 0. The second-order valence-electron chi connectivity index (χ2n) is 5.56. The van der Waals surface area contributed by atoms with E-state index in [9.17, 15) is 4.39 Å². The van der Waals surface area contributed by atoms with Crippen LogP contribution >= 0.6 is 0 Å². The van der Waals surface area contributed by atoms with Crippen LogP contribution in [-0.4, -0.2) is 12.1 Å². The lowest BCUT2D eigenvalue weighted by Gasteiger charge is -2.30. The molecule has 0 amide bonds. The van der Waals surface area contributed by atoms with Crippen molar-refractivity contribution in [2.75, 3.05) is 11.9 Å². The first-order valence-corrected chi connectivity index (χ1v) is 7.33. The number of nitrogens with one attached hydrogen (secondary N) is 1. The monoisotopic (exact) mass is 266 g/mol. The van der Waals surface area contributed by atoms with Gasteiger partial charge < -0.3 is 11.1 Å². The van der Waals surface area contributed by atoms with E-state index in [1.807, 2.05) is 0 Å². The molecule has 0 aliphatic carbocycles. The van der Waals surface area contributed by atoms with Gasteiger partial charge in [-0.1, -0.05) is 39.0 Å². The van der Waals surface area contributed by atoms with E-state index in [4.69, 9.17) is 5.73 Å². The Balaban J connectivity index is 2.43. The van der Waals surface area contributed by atoms with Gasteiger partial charge in [-0.25, -0.2) is 4.39 Å². The topological polar surface area (TPSA) is 38.0 Å². The molecule has 0 aliphatic rings.